The van der Waals surface area contributed by atoms with Crippen molar-refractivity contribution < 1.29 is 22.0 Å². The van der Waals surface area contributed by atoms with Crippen molar-refractivity contribution in [2.45, 2.75) is 13.0 Å². The molecule has 0 aliphatic rings. The zero-order valence-electron chi connectivity index (χ0n) is 11.1. The van der Waals surface area contributed by atoms with Crippen LogP contribution in [-0.2, 0) is 0 Å². The van der Waals surface area contributed by atoms with Crippen LogP contribution in [0.3, 0.4) is 0 Å². The van der Waals surface area contributed by atoms with Crippen LogP contribution < -0.4 is 5.32 Å². The van der Waals surface area contributed by atoms with Gasteiger partial charge in [-0.2, -0.15) is 0 Å². The Morgan fingerprint density at radius 1 is 0.810 bits per heavy atom. The van der Waals surface area contributed by atoms with E-state index in [-0.39, 0.29) is 11.1 Å². The van der Waals surface area contributed by atoms with E-state index in [1.807, 2.05) is 0 Å². The Kier molecular flexibility index (Phi) is 4.57. The summed E-state index contributed by atoms with van der Waals surface area (Å²) in [6.07, 6.45) is 0. The Morgan fingerprint density at radius 3 is 1.95 bits per heavy atom. The second-order valence-electron chi connectivity index (χ2n) is 4.48. The highest BCUT2D eigenvalue weighted by Crippen LogP contribution is 2.27. The lowest BCUT2D eigenvalue weighted by Crippen LogP contribution is -2.23. The number of hydrogen-bond donors (Lipinski definition) is 1. The molecule has 0 aromatic heterocycles. The monoisotopic (exact) mass is 301 g/mol. The molecule has 1 atom stereocenters. The smallest absolute Gasteiger partial charge is 0.161 e. The first-order valence-corrected chi connectivity index (χ1v) is 6.26. The van der Waals surface area contributed by atoms with Crippen LogP contribution in [0.15, 0.2) is 30.3 Å². The van der Waals surface area contributed by atoms with E-state index in [1.165, 1.54) is 0 Å². The van der Waals surface area contributed by atoms with Crippen molar-refractivity contribution in [3.05, 3.63) is 70.5 Å². The molecular formula is C15H12F5N. The van der Waals surface area contributed by atoms with Crippen molar-refractivity contribution in [1.82, 2.24) is 5.32 Å². The molecule has 0 spiro atoms. The maximum atomic E-state index is 13.9. The van der Waals surface area contributed by atoms with Crippen LogP contribution >= 0.6 is 0 Å². The molecule has 1 unspecified atom stereocenters. The van der Waals surface area contributed by atoms with Gasteiger partial charge in [-0.15, -0.1) is 0 Å². The molecule has 0 amide bonds. The summed E-state index contributed by atoms with van der Waals surface area (Å²) in [6.45, 7) is 2.03. The van der Waals surface area contributed by atoms with Crippen LogP contribution in [0.2, 0.25) is 0 Å². The van der Waals surface area contributed by atoms with Gasteiger partial charge in [-0.1, -0.05) is 6.92 Å². The van der Waals surface area contributed by atoms with Gasteiger partial charge < -0.3 is 5.32 Å². The van der Waals surface area contributed by atoms with Crippen molar-refractivity contribution in [3.63, 3.8) is 0 Å². The molecule has 0 fully saturated rings. The van der Waals surface area contributed by atoms with Crippen molar-refractivity contribution in [2.24, 2.45) is 0 Å². The molecule has 0 radical (unpaired) electrons. The lowest BCUT2D eigenvalue weighted by molar-refractivity contribution is 0.480. The number of halogens is 5. The summed E-state index contributed by atoms with van der Waals surface area (Å²) < 4.78 is 66.7. The largest absolute Gasteiger partial charge is 0.306 e. The molecule has 0 heterocycles. The fourth-order valence-electron chi connectivity index (χ4n) is 2.11. The third kappa shape index (κ3) is 3.39. The molecule has 0 saturated carbocycles. The Labute approximate surface area is 118 Å². The van der Waals surface area contributed by atoms with Gasteiger partial charge in [0.2, 0.25) is 0 Å². The van der Waals surface area contributed by atoms with Crippen LogP contribution in [0, 0.1) is 29.1 Å². The zero-order valence-corrected chi connectivity index (χ0v) is 11.1. The summed E-state index contributed by atoms with van der Waals surface area (Å²) in [7, 11) is 0. The molecule has 112 valence electrons. The molecule has 0 bridgehead atoms. The SMILES string of the molecule is CCNC(c1cc(F)cc(F)c1)c1cc(F)c(F)cc1F. The van der Waals surface area contributed by atoms with Crippen LogP contribution in [0.4, 0.5) is 22.0 Å². The fraction of sp³-hybridized carbons (Fsp3) is 0.200. The van der Waals surface area contributed by atoms with Gasteiger partial charge in [0.15, 0.2) is 11.6 Å². The van der Waals surface area contributed by atoms with E-state index < -0.39 is 35.1 Å². The van der Waals surface area contributed by atoms with E-state index >= 15 is 0 Å². The van der Waals surface area contributed by atoms with Crippen LogP contribution in [0.1, 0.15) is 24.1 Å². The maximum Gasteiger partial charge on any atom is 0.161 e. The molecule has 2 aromatic rings. The maximum absolute atomic E-state index is 13.9. The topological polar surface area (TPSA) is 12.0 Å². The van der Waals surface area contributed by atoms with Gasteiger partial charge in [0.1, 0.15) is 17.5 Å². The molecule has 6 heteroatoms. The first-order chi connectivity index (χ1) is 9.92. The Hall–Kier alpha value is -1.95. The summed E-state index contributed by atoms with van der Waals surface area (Å²) in [4.78, 5) is 0. The summed E-state index contributed by atoms with van der Waals surface area (Å²) in [5, 5.41) is 2.79. The Bertz CT molecular complexity index is 637. The van der Waals surface area contributed by atoms with Crippen LogP contribution in [0.5, 0.6) is 0 Å². The Morgan fingerprint density at radius 2 is 1.38 bits per heavy atom. The second-order valence-corrected chi connectivity index (χ2v) is 4.48. The number of benzene rings is 2. The second kappa shape index (κ2) is 6.22. The predicted octanol–water partition coefficient (Wildman–Crippen LogP) is 4.08. The normalized spacial score (nSPS) is 12.5. The molecule has 21 heavy (non-hydrogen) atoms. The Balaban J connectivity index is 2.55. The lowest BCUT2D eigenvalue weighted by Gasteiger charge is -2.20. The van der Waals surface area contributed by atoms with Gasteiger partial charge >= 0.3 is 0 Å². The lowest BCUT2D eigenvalue weighted by atomic mass is 9.97. The van der Waals surface area contributed by atoms with Gasteiger partial charge in [-0.25, -0.2) is 22.0 Å². The van der Waals surface area contributed by atoms with E-state index in [0.717, 1.165) is 12.1 Å². The average molecular weight is 301 g/mol. The van der Waals surface area contributed by atoms with E-state index in [4.69, 9.17) is 0 Å². The number of hydrogen-bond acceptors (Lipinski definition) is 1. The highest BCUT2D eigenvalue weighted by atomic mass is 19.2. The first-order valence-electron chi connectivity index (χ1n) is 6.26. The van der Waals surface area contributed by atoms with Crippen LogP contribution in [-0.4, -0.2) is 6.54 Å². The minimum absolute atomic E-state index is 0.0826. The molecule has 0 saturated heterocycles. The standard InChI is InChI=1S/C15H12F5N/c1-2-21-15(8-3-9(16)5-10(17)4-8)11-6-13(19)14(20)7-12(11)18/h3-7,15,21H,2H2,1H3. The van der Waals surface area contributed by atoms with E-state index in [2.05, 4.69) is 5.32 Å². The summed E-state index contributed by atoms with van der Waals surface area (Å²) >= 11 is 0. The number of nitrogens with one attached hydrogen (secondary N) is 1. The van der Waals surface area contributed by atoms with Gasteiger partial charge in [-0.05, 0) is 30.3 Å². The molecule has 1 N–H and O–H groups in total. The molecule has 2 aromatic carbocycles. The molecule has 0 aliphatic heterocycles. The van der Waals surface area contributed by atoms with Gasteiger partial charge in [-0.3, -0.25) is 0 Å². The molecule has 0 aliphatic carbocycles. The van der Waals surface area contributed by atoms with E-state index in [1.54, 1.807) is 6.92 Å². The first kappa shape index (κ1) is 15.4. The summed E-state index contributed by atoms with van der Waals surface area (Å²) in [6, 6.07) is 2.80. The minimum Gasteiger partial charge on any atom is -0.306 e. The molecular weight excluding hydrogens is 289 g/mol. The van der Waals surface area contributed by atoms with Crippen molar-refractivity contribution in [1.29, 1.82) is 0 Å². The van der Waals surface area contributed by atoms with Crippen molar-refractivity contribution in [2.75, 3.05) is 6.54 Å². The van der Waals surface area contributed by atoms with Crippen molar-refractivity contribution in [3.8, 4) is 0 Å². The van der Waals surface area contributed by atoms with E-state index in [9.17, 15) is 22.0 Å². The third-order valence-electron chi connectivity index (χ3n) is 2.98. The predicted molar refractivity (Wildman–Crippen MR) is 68.2 cm³/mol. The summed E-state index contributed by atoms with van der Waals surface area (Å²) in [5.74, 6) is -5.22. The zero-order chi connectivity index (χ0) is 15.6. The summed E-state index contributed by atoms with van der Waals surface area (Å²) in [5.41, 5.74) is -0.139. The number of rotatable bonds is 4. The van der Waals surface area contributed by atoms with Crippen LogP contribution in [0.25, 0.3) is 0 Å². The fourth-order valence-corrected chi connectivity index (χ4v) is 2.11. The highest BCUT2D eigenvalue weighted by molar-refractivity contribution is 5.34. The highest BCUT2D eigenvalue weighted by Gasteiger charge is 2.21. The molecule has 1 nitrogen and oxygen atoms in total. The van der Waals surface area contributed by atoms with Gasteiger partial charge in [0.05, 0.1) is 6.04 Å². The average Bonchev–Trinajstić information content (AvgIpc) is 2.39. The quantitative estimate of drug-likeness (QED) is 0.663. The van der Waals surface area contributed by atoms with Gasteiger partial charge in [0, 0.05) is 17.7 Å². The third-order valence-corrected chi connectivity index (χ3v) is 2.98. The molecule has 2 rings (SSSR count). The van der Waals surface area contributed by atoms with Gasteiger partial charge in [0.25, 0.3) is 0 Å². The minimum atomic E-state index is -1.32. The van der Waals surface area contributed by atoms with E-state index in [0.29, 0.717) is 24.7 Å². The van der Waals surface area contributed by atoms with Crippen molar-refractivity contribution >= 4 is 0 Å².